The minimum atomic E-state index is -4.80. The van der Waals surface area contributed by atoms with Gasteiger partial charge in [0.2, 0.25) is 5.91 Å². The zero-order valence-electron chi connectivity index (χ0n) is 23.6. The molecule has 1 N–H and O–H groups in total. The van der Waals surface area contributed by atoms with Crippen LogP contribution >= 0.6 is 11.8 Å². The topological polar surface area (TPSA) is 111 Å². The first-order valence-corrected chi connectivity index (χ1v) is 14.2. The predicted octanol–water partition coefficient (Wildman–Crippen LogP) is 6.89. The van der Waals surface area contributed by atoms with E-state index in [4.69, 9.17) is 4.74 Å². The van der Waals surface area contributed by atoms with Gasteiger partial charge in [0.15, 0.2) is 5.17 Å². The fourth-order valence-corrected chi connectivity index (χ4v) is 5.11. The van der Waals surface area contributed by atoms with Crippen LogP contribution in [0, 0.1) is 6.92 Å². The monoisotopic (exact) mass is 664 g/mol. The van der Waals surface area contributed by atoms with Crippen LogP contribution < -0.4 is 15.0 Å². The molecule has 1 saturated heterocycles. The number of carbonyl (C=O) groups is 2. The van der Waals surface area contributed by atoms with E-state index >= 15 is 0 Å². The molecule has 5 rings (SSSR count). The quantitative estimate of drug-likeness (QED) is 0.204. The van der Waals surface area contributed by atoms with Gasteiger partial charge in [0.25, 0.3) is 0 Å². The number of aryl methyl sites for hydroxylation is 1. The summed E-state index contributed by atoms with van der Waals surface area (Å²) in [5.41, 5.74) is 3.19. The van der Waals surface area contributed by atoms with Crippen molar-refractivity contribution in [1.82, 2.24) is 15.0 Å². The van der Waals surface area contributed by atoms with Gasteiger partial charge in [-0.15, -0.1) is 18.3 Å². The molecule has 1 aliphatic rings. The van der Waals surface area contributed by atoms with E-state index in [1.165, 1.54) is 21.7 Å². The van der Waals surface area contributed by atoms with Gasteiger partial charge in [-0.05, 0) is 55.0 Å². The van der Waals surface area contributed by atoms with Crippen LogP contribution in [0.25, 0.3) is 16.9 Å². The second-order valence-corrected chi connectivity index (χ2v) is 10.7. The van der Waals surface area contributed by atoms with Crippen LogP contribution in [0.5, 0.6) is 5.75 Å². The minimum absolute atomic E-state index is 0.0240. The van der Waals surface area contributed by atoms with Crippen LogP contribution in [-0.4, -0.2) is 57.0 Å². The number of aliphatic imine (C=N–C) groups is 1. The molecule has 1 aliphatic heterocycles. The average molecular weight is 665 g/mol. The molecule has 0 unspecified atom stereocenters. The van der Waals surface area contributed by atoms with Gasteiger partial charge in [-0.2, -0.15) is 18.2 Å². The number of hydrogen-bond donors (Lipinski definition) is 1. The fourth-order valence-electron chi connectivity index (χ4n) is 4.25. The third-order valence-corrected chi connectivity index (χ3v) is 7.15. The number of ether oxygens (including phenoxy) is 2. The molecule has 46 heavy (non-hydrogen) atoms. The highest BCUT2D eigenvalue weighted by Crippen LogP contribution is 2.32. The molecule has 4 aromatic rings. The van der Waals surface area contributed by atoms with Crippen molar-refractivity contribution in [3.8, 4) is 22.7 Å². The summed E-state index contributed by atoms with van der Waals surface area (Å²) in [6.45, 7) is -0.118. The van der Waals surface area contributed by atoms with Crippen molar-refractivity contribution >= 4 is 40.2 Å². The molecule has 1 aromatic heterocycles. The standard InChI is InChI=1S/C29H22F6N6O4S/c1-17-2-3-19(14-44-16-28(30,31)32)24(12-17)41-25(42)15-46-27(41)37-26(43)36-20-6-4-18(5-7-20)23-13-40(39-38-23)21-8-10-22(11-9-21)45-29(33,34)35/h2-13H,14-16H2,1H3,(H,36,43). The van der Waals surface area contributed by atoms with E-state index < -0.39 is 37.7 Å². The van der Waals surface area contributed by atoms with Crippen molar-refractivity contribution in [2.24, 2.45) is 4.99 Å². The summed E-state index contributed by atoms with van der Waals surface area (Å²) in [5.74, 6) is -0.800. The number of amides is 3. The van der Waals surface area contributed by atoms with Gasteiger partial charge < -0.3 is 14.8 Å². The second-order valence-electron chi connectivity index (χ2n) is 9.75. The van der Waals surface area contributed by atoms with E-state index in [1.807, 2.05) is 0 Å². The van der Waals surface area contributed by atoms with Gasteiger partial charge in [-0.25, -0.2) is 9.48 Å². The van der Waals surface area contributed by atoms with Crippen LogP contribution in [0.4, 0.5) is 42.5 Å². The number of anilines is 2. The number of aromatic nitrogens is 3. The van der Waals surface area contributed by atoms with Crippen molar-refractivity contribution < 1.29 is 45.4 Å². The number of hydrogen-bond acceptors (Lipinski definition) is 7. The highest BCUT2D eigenvalue weighted by molar-refractivity contribution is 8.15. The molecule has 0 aliphatic carbocycles. The number of urea groups is 1. The van der Waals surface area contributed by atoms with Gasteiger partial charge in [0.05, 0.1) is 29.9 Å². The molecule has 0 bridgehead atoms. The Morgan fingerprint density at radius 2 is 1.74 bits per heavy atom. The van der Waals surface area contributed by atoms with E-state index in [9.17, 15) is 35.9 Å². The maximum absolute atomic E-state index is 12.8. The highest BCUT2D eigenvalue weighted by atomic mass is 32.2. The van der Waals surface area contributed by atoms with Gasteiger partial charge >= 0.3 is 18.6 Å². The highest BCUT2D eigenvalue weighted by Gasteiger charge is 2.33. The Hall–Kier alpha value is -4.90. The first-order valence-electron chi connectivity index (χ1n) is 13.2. The van der Waals surface area contributed by atoms with Gasteiger partial charge in [-0.3, -0.25) is 9.69 Å². The first-order chi connectivity index (χ1) is 21.7. The van der Waals surface area contributed by atoms with E-state index in [1.54, 1.807) is 55.6 Å². The summed E-state index contributed by atoms with van der Waals surface area (Å²) in [6.07, 6.45) is -7.75. The van der Waals surface area contributed by atoms with Crippen LogP contribution in [0.15, 0.2) is 77.9 Å². The average Bonchev–Trinajstić information content (AvgIpc) is 3.60. The number of rotatable bonds is 8. The Bertz CT molecular complexity index is 1760. The summed E-state index contributed by atoms with van der Waals surface area (Å²) >= 11 is 1.01. The van der Waals surface area contributed by atoms with Gasteiger partial charge in [0.1, 0.15) is 18.1 Å². The molecule has 2 heterocycles. The molecular formula is C29H22F6N6O4S. The van der Waals surface area contributed by atoms with E-state index in [0.29, 0.717) is 28.2 Å². The van der Waals surface area contributed by atoms with Crippen molar-refractivity contribution in [2.75, 3.05) is 22.6 Å². The summed E-state index contributed by atoms with van der Waals surface area (Å²) < 4.78 is 85.0. The molecule has 0 radical (unpaired) electrons. The van der Waals surface area contributed by atoms with Crippen LogP contribution in [0.2, 0.25) is 0 Å². The van der Waals surface area contributed by atoms with E-state index in [2.05, 4.69) is 25.4 Å². The molecule has 3 aromatic carbocycles. The first kappa shape index (κ1) is 32.5. The number of benzene rings is 3. The number of alkyl halides is 6. The van der Waals surface area contributed by atoms with Gasteiger partial charge in [-0.1, -0.05) is 41.2 Å². The molecule has 0 atom stereocenters. The Labute approximate surface area is 261 Å². The molecule has 1 fully saturated rings. The number of halogens is 6. The third kappa shape index (κ3) is 8.42. The molecule has 3 amide bonds. The lowest BCUT2D eigenvalue weighted by atomic mass is 10.1. The lowest BCUT2D eigenvalue weighted by Gasteiger charge is -2.20. The Kier molecular flexibility index (Phi) is 9.34. The van der Waals surface area contributed by atoms with E-state index in [-0.39, 0.29) is 22.4 Å². The Morgan fingerprint density at radius 3 is 2.41 bits per heavy atom. The molecule has 0 spiro atoms. The van der Waals surface area contributed by atoms with Crippen molar-refractivity contribution in [3.63, 3.8) is 0 Å². The van der Waals surface area contributed by atoms with Crippen LogP contribution in [0.1, 0.15) is 11.1 Å². The number of thioether (sulfide) groups is 1. The lowest BCUT2D eigenvalue weighted by molar-refractivity contribution is -0.274. The molecule has 10 nitrogen and oxygen atoms in total. The van der Waals surface area contributed by atoms with Gasteiger partial charge in [0, 0.05) is 16.8 Å². The Morgan fingerprint density at radius 1 is 1.02 bits per heavy atom. The summed E-state index contributed by atoms with van der Waals surface area (Å²) in [7, 11) is 0. The normalized spacial score (nSPS) is 14.6. The molecular weight excluding hydrogens is 642 g/mol. The van der Waals surface area contributed by atoms with Crippen molar-refractivity contribution in [1.29, 1.82) is 0 Å². The minimum Gasteiger partial charge on any atom is -0.406 e. The van der Waals surface area contributed by atoms with Crippen molar-refractivity contribution in [3.05, 3.63) is 84.1 Å². The SMILES string of the molecule is Cc1ccc(COCC(F)(F)F)c(N2C(=O)CSC2=NC(=O)Nc2ccc(-c3cn(-c4ccc(OC(F)(F)F)cc4)nn3)cc2)c1. The number of amidine groups is 1. The number of nitrogens with one attached hydrogen (secondary N) is 1. The zero-order chi connectivity index (χ0) is 33.1. The summed E-state index contributed by atoms with van der Waals surface area (Å²) in [4.78, 5) is 30.8. The number of carbonyl (C=O) groups excluding carboxylic acids is 2. The molecule has 17 heteroatoms. The Balaban J connectivity index is 1.26. The zero-order valence-corrected chi connectivity index (χ0v) is 24.4. The maximum Gasteiger partial charge on any atom is 0.573 e. The fraction of sp³-hybridized carbons (Fsp3) is 0.207. The maximum atomic E-state index is 12.8. The van der Waals surface area contributed by atoms with Crippen molar-refractivity contribution in [2.45, 2.75) is 26.1 Å². The lowest BCUT2D eigenvalue weighted by Crippen LogP contribution is -2.31. The molecule has 240 valence electrons. The van der Waals surface area contributed by atoms with Crippen LogP contribution in [0.3, 0.4) is 0 Å². The summed E-state index contributed by atoms with van der Waals surface area (Å²) in [6, 6.07) is 15.6. The predicted molar refractivity (Wildman–Crippen MR) is 157 cm³/mol. The molecule has 0 saturated carbocycles. The number of nitrogens with zero attached hydrogens (tertiary/aromatic N) is 5. The largest absolute Gasteiger partial charge is 0.573 e. The smallest absolute Gasteiger partial charge is 0.406 e. The van der Waals surface area contributed by atoms with E-state index in [0.717, 1.165) is 29.5 Å². The van der Waals surface area contributed by atoms with Crippen LogP contribution in [-0.2, 0) is 16.1 Å². The summed E-state index contributed by atoms with van der Waals surface area (Å²) in [5, 5.41) is 10.7. The second kappa shape index (κ2) is 13.2. The third-order valence-electron chi connectivity index (χ3n) is 6.23.